The minimum Gasteiger partial charge on any atom is -0.465 e. The topological polar surface area (TPSA) is 126 Å². The highest BCUT2D eigenvalue weighted by Crippen LogP contribution is 2.32. The van der Waals surface area contributed by atoms with E-state index in [4.69, 9.17) is 4.42 Å². The lowest BCUT2D eigenvalue weighted by Crippen LogP contribution is -2.22. The molecule has 4 aromatic rings. The molecule has 34 heavy (non-hydrogen) atoms. The van der Waals surface area contributed by atoms with Gasteiger partial charge in [-0.3, -0.25) is 4.79 Å². The normalized spacial score (nSPS) is 12.9. The monoisotopic (exact) mass is 475 g/mol. The maximum Gasteiger partial charge on any atom is 0.240 e. The van der Waals surface area contributed by atoms with Gasteiger partial charge in [0.1, 0.15) is 11.5 Å². The number of aryl methyl sites for hydroxylation is 1. The van der Waals surface area contributed by atoms with Crippen LogP contribution in [0.5, 0.6) is 0 Å². The second-order valence-corrected chi connectivity index (χ2v) is 9.59. The number of sulfonamides is 1. The summed E-state index contributed by atoms with van der Waals surface area (Å²) in [5.74, 6) is 1.47. The first-order valence-corrected chi connectivity index (χ1v) is 12.0. The third-order valence-electron chi connectivity index (χ3n) is 5.33. The first kappa shape index (κ1) is 21.8. The Morgan fingerprint density at radius 3 is 2.62 bits per heavy atom. The number of furan rings is 1. The second-order valence-electron chi connectivity index (χ2n) is 7.82. The third-order valence-corrected chi connectivity index (χ3v) is 6.74. The number of carbonyl (C=O) groups is 1. The van der Waals surface area contributed by atoms with Crippen molar-refractivity contribution < 1.29 is 17.6 Å². The molecule has 2 aromatic heterocycles. The second kappa shape index (κ2) is 8.73. The van der Waals surface area contributed by atoms with Gasteiger partial charge in [-0.15, -0.1) is 0 Å². The van der Waals surface area contributed by atoms with E-state index in [1.807, 2.05) is 24.3 Å². The van der Waals surface area contributed by atoms with E-state index in [2.05, 4.69) is 25.3 Å². The Bertz CT molecular complexity index is 1480. The highest BCUT2D eigenvalue weighted by atomic mass is 32.2. The van der Waals surface area contributed by atoms with E-state index in [9.17, 15) is 13.2 Å². The Hall–Kier alpha value is -4.02. The minimum absolute atomic E-state index is 0.0674. The van der Waals surface area contributed by atoms with Crippen molar-refractivity contribution in [3.8, 4) is 11.3 Å². The van der Waals surface area contributed by atoms with Crippen molar-refractivity contribution in [2.75, 3.05) is 10.6 Å². The van der Waals surface area contributed by atoms with Crippen molar-refractivity contribution >= 4 is 33.3 Å². The summed E-state index contributed by atoms with van der Waals surface area (Å²) in [6.45, 7) is 1.87. The van der Waals surface area contributed by atoms with Crippen molar-refractivity contribution in [3.63, 3.8) is 0 Å². The maximum atomic E-state index is 12.6. The first-order chi connectivity index (χ1) is 16.4. The fourth-order valence-corrected chi connectivity index (χ4v) is 4.67. The number of rotatable bonds is 6. The number of benzene rings is 2. The van der Waals surface area contributed by atoms with E-state index in [1.54, 1.807) is 37.4 Å². The molecule has 0 saturated carbocycles. The number of nitrogens with one attached hydrogen (secondary N) is 3. The highest BCUT2D eigenvalue weighted by Gasteiger charge is 2.21. The van der Waals surface area contributed by atoms with Crippen LogP contribution in [0.2, 0.25) is 0 Å². The Morgan fingerprint density at radius 1 is 1.06 bits per heavy atom. The van der Waals surface area contributed by atoms with Crippen molar-refractivity contribution in [2.24, 2.45) is 0 Å². The molecule has 10 heteroatoms. The van der Waals surface area contributed by atoms with E-state index in [0.29, 0.717) is 28.8 Å². The Kier molecular flexibility index (Phi) is 5.60. The standard InChI is InChI=1S/C24H21N5O4S/c1-15-6-9-18(33-15)14-26-34(31,32)19-10-7-17(8-11-19)27-24-25-13-16-12-22(30)28-21-5-3-2-4-20(21)23(16)29-24/h2-11,13,26H,12,14H2,1H3,(H,28,30)(H,25,27,29). The predicted molar refractivity (Wildman–Crippen MR) is 127 cm³/mol. The summed E-state index contributed by atoms with van der Waals surface area (Å²) >= 11 is 0. The third kappa shape index (κ3) is 4.54. The molecule has 1 aliphatic heterocycles. The average molecular weight is 476 g/mol. The molecule has 172 valence electrons. The average Bonchev–Trinajstić information content (AvgIpc) is 3.18. The van der Waals surface area contributed by atoms with Crippen LogP contribution in [0.15, 0.2) is 76.2 Å². The van der Waals surface area contributed by atoms with Gasteiger partial charge in [0.05, 0.1) is 29.2 Å². The molecular formula is C24H21N5O4S. The summed E-state index contributed by atoms with van der Waals surface area (Å²) in [7, 11) is -3.70. The Morgan fingerprint density at radius 2 is 1.85 bits per heavy atom. The fourth-order valence-electron chi connectivity index (χ4n) is 3.67. The van der Waals surface area contributed by atoms with Crippen LogP contribution in [0.4, 0.5) is 17.3 Å². The minimum atomic E-state index is -3.70. The van der Waals surface area contributed by atoms with Crippen LogP contribution in [0.25, 0.3) is 11.3 Å². The van der Waals surface area contributed by atoms with Crippen molar-refractivity contribution in [2.45, 2.75) is 24.8 Å². The Labute approximate surface area is 196 Å². The van der Waals surface area contributed by atoms with Crippen LogP contribution in [0.3, 0.4) is 0 Å². The molecule has 3 heterocycles. The van der Waals surface area contributed by atoms with Gasteiger partial charge < -0.3 is 15.1 Å². The fraction of sp³-hybridized carbons (Fsp3) is 0.125. The van der Waals surface area contributed by atoms with Crippen molar-refractivity contribution in [1.29, 1.82) is 0 Å². The molecule has 3 N–H and O–H groups in total. The molecule has 5 rings (SSSR count). The van der Waals surface area contributed by atoms with Crippen molar-refractivity contribution in [1.82, 2.24) is 14.7 Å². The van der Waals surface area contributed by atoms with Crippen molar-refractivity contribution in [3.05, 3.63) is 83.9 Å². The number of aromatic nitrogens is 2. The number of hydrogen-bond acceptors (Lipinski definition) is 7. The van der Waals surface area contributed by atoms with Crippen LogP contribution >= 0.6 is 0 Å². The molecule has 0 spiro atoms. The zero-order valence-electron chi connectivity index (χ0n) is 18.2. The summed E-state index contributed by atoms with van der Waals surface area (Å²) in [5.41, 5.74) is 3.53. The lowest BCUT2D eigenvalue weighted by molar-refractivity contribution is -0.115. The van der Waals surface area contributed by atoms with Gasteiger partial charge in [0.15, 0.2) is 0 Å². The van der Waals surface area contributed by atoms with E-state index in [-0.39, 0.29) is 23.8 Å². The summed E-state index contributed by atoms with van der Waals surface area (Å²) in [5, 5.41) is 5.98. The largest absolute Gasteiger partial charge is 0.465 e. The summed E-state index contributed by atoms with van der Waals surface area (Å²) in [6, 6.07) is 17.3. The number of amides is 1. The van der Waals surface area contributed by atoms with E-state index < -0.39 is 10.0 Å². The van der Waals surface area contributed by atoms with Gasteiger partial charge in [-0.1, -0.05) is 18.2 Å². The summed E-state index contributed by atoms with van der Waals surface area (Å²) < 4.78 is 33.1. The van der Waals surface area contributed by atoms with Crippen LogP contribution < -0.4 is 15.4 Å². The van der Waals surface area contributed by atoms with E-state index >= 15 is 0 Å². The molecule has 0 aliphatic carbocycles. The zero-order valence-corrected chi connectivity index (χ0v) is 19.0. The molecule has 1 amide bonds. The van der Waals surface area contributed by atoms with Crippen LogP contribution in [-0.2, 0) is 27.8 Å². The Balaban J connectivity index is 1.34. The zero-order chi connectivity index (χ0) is 23.7. The van der Waals surface area contributed by atoms with Crippen LogP contribution in [0, 0.1) is 6.92 Å². The molecule has 1 aliphatic rings. The number of nitrogens with zero attached hydrogens (tertiary/aromatic N) is 2. The van der Waals surface area contributed by atoms with Crippen LogP contribution in [0.1, 0.15) is 17.1 Å². The molecule has 9 nitrogen and oxygen atoms in total. The molecule has 0 bridgehead atoms. The molecule has 0 unspecified atom stereocenters. The van der Waals surface area contributed by atoms with Gasteiger partial charge in [-0.05, 0) is 49.4 Å². The predicted octanol–water partition coefficient (Wildman–Crippen LogP) is 3.76. The van der Waals surface area contributed by atoms with Gasteiger partial charge >= 0.3 is 0 Å². The van der Waals surface area contributed by atoms with Gasteiger partial charge in [-0.25, -0.2) is 23.1 Å². The van der Waals surface area contributed by atoms with Crippen LogP contribution in [-0.4, -0.2) is 24.3 Å². The number of para-hydroxylation sites is 1. The van der Waals surface area contributed by atoms with E-state index in [1.165, 1.54) is 12.1 Å². The number of hydrogen-bond donors (Lipinski definition) is 3. The molecule has 2 aromatic carbocycles. The van der Waals surface area contributed by atoms with Gasteiger partial charge in [0.2, 0.25) is 21.9 Å². The number of anilines is 3. The van der Waals surface area contributed by atoms with Gasteiger partial charge in [0.25, 0.3) is 0 Å². The van der Waals surface area contributed by atoms with Gasteiger partial charge in [0, 0.05) is 23.0 Å². The maximum absolute atomic E-state index is 12.6. The van der Waals surface area contributed by atoms with Gasteiger partial charge in [-0.2, -0.15) is 0 Å². The number of fused-ring (bicyclic) bond motifs is 3. The molecule has 0 fully saturated rings. The molecule has 0 radical (unpaired) electrons. The first-order valence-electron chi connectivity index (χ1n) is 10.5. The molecule has 0 saturated heterocycles. The highest BCUT2D eigenvalue weighted by molar-refractivity contribution is 7.89. The quantitative estimate of drug-likeness (QED) is 0.388. The summed E-state index contributed by atoms with van der Waals surface area (Å²) in [6.07, 6.45) is 1.81. The molecular weight excluding hydrogens is 454 g/mol. The smallest absolute Gasteiger partial charge is 0.240 e. The number of carbonyl (C=O) groups excluding carboxylic acids is 1. The summed E-state index contributed by atoms with van der Waals surface area (Å²) in [4.78, 5) is 21.3. The van der Waals surface area contributed by atoms with E-state index in [0.717, 1.165) is 16.9 Å². The SMILES string of the molecule is Cc1ccc(CNS(=O)(=O)c2ccc(Nc3ncc4c(n3)-c3ccccc3NC(=O)C4)cc2)o1. The molecule has 0 atom stereocenters. The lowest BCUT2D eigenvalue weighted by atomic mass is 10.1. The lowest BCUT2D eigenvalue weighted by Gasteiger charge is -2.11.